The molecular formula is C16H22N2O. The van der Waals surface area contributed by atoms with Gasteiger partial charge in [-0.05, 0) is 27.1 Å². The van der Waals surface area contributed by atoms with Crippen LogP contribution >= 0.6 is 0 Å². The molecule has 2 aromatic rings. The Morgan fingerprint density at radius 2 is 2.11 bits per heavy atom. The van der Waals surface area contributed by atoms with Crippen LogP contribution < -0.4 is 5.32 Å². The van der Waals surface area contributed by atoms with Gasteiger partial charge in [0.15, 0.2) is 0 Å². The number of hydrogen-bond donors (Lipinski definition) is 1. The predicted octanol–water partition coefficient (Wildman–Crippen LogP) is 3.16. The lowest BCUT2D eigenvalue weighted by Gasteiger charge is -2.16. The molecule has 0 fully saturated rings. The van der Waals surface area contributed by atoms with E-state index in [4.69, 9.17) is 4.42 Å². The lowest BCUT2D eigenvalue weighted by molar-refractivity contribution is 0.351. The molecule has 1 heterocycles. The van der Waals surface area contributed by atoms with Gasteiger partial charge in [-0.3, -0.25) is 4.90 Å². The summed E-state index contributed by atoms with van der Waals surface area (Å²) in [5.41, 5.74) is 3.41. The monoisotopic (exact) mass is 258 g/mol. The molecule has 0 aliphatic heterocycles. The Labute approximate surface area is 114 Å². The Morgan fingerprint density at radius 3 is 2.79 bits per heavy atom. The molecule has 0 amide bonds. The smallest absolute Gasteiger partial charge is 0.134 e. The zero-order chi connectivity index (χ0) is 13.8. The minimum Gasteiger partial charge on any atom is -0.459 e. The average Bonchev–Trinajstić information content (AvgIpc) is 2.67. The van der Waals surface area contributed by atoms with E-state index in [9.17, 15) is 0 Å². The lowest BCUT2D eigenvalue weighted by Crippen LogP contribution is -2.20. The largest absolute Gasteiger partial charge is 0.459 e. The van der Waals surface area contributed by atoms with E-state index in [0.29, 0.717) is 0 Å². The lowest BCUT2D eigenvalue weighted by atomic mass is 10.1. The third-order valence-electron chi connectivity index (χ3n) is 3.09. The summed E-state index contributed by atoms with van der Waals surface area (Å²) in [5.74, 6) is 1.03. The van der Waals surface area contributed by atoms with Crippen molar-refractivity contribution in [3.8, 4) is 0 Å². The van der Waals surface area contributed by atoms with E-state index < -0.39 is 0 Å². The van der Waals surface area contributed by atoms with Gasteiger partial charge in [-0.2, -0.15) is 0 Å². The Hall–Kier alpha value is -1.58. The molecule has 19 heavy (non-hydrogen) atoms. The first kappa shape index (κ1) is 13.8. The Morgan fingerprint density at radius 1 is 1.37 bits per heavy atom. The number of para-hydroxylation sites is 1. The predicted molar refractivity (Wildman–Crippen MR) is 80.1 cm³/mol. The van der Waals surface area contributed by atoms with Gasteiger partial charge in [-0.1, -0.05) is 30.4 Å². The van der Waals surface area contributed by atoms with Crippen LogP contribution in [0.2, 0.25) is 0 Å². The van der Waals surface area contributed by atoms with Crippen LogP contribution in [0.5, 0.6) is 0 Å². The topological polar surface area (TPSA) is 28.4 Å². The maximum absolute atomic E-state index is 5.93. The van der Waals surface area contributed by atoms with Gasteiger partial charge in [0, 0.05) is 24.0 Å². The summed E-state index contributed by atoms with van der Waals surface area (Å²) in [6.07, 6.45) is 0. The van der Waals surface area contributed by atoms with Crippen molar-refractivity contribution in [1.29, 1.82) is 0 Å². The quantitative estimate of drug-likeness (QED) is 0.807. The summed E-state index contributed by atoms with van der Waals surface area (Å²) in [6.45, 7) is 8.55. The molecule has 0 atom stereocenters. The molecule has 0 saturated carbocycles. The normalized spacial score (nSPS) is 11.4. The van der Waals surface area contributed by atoms with Crippen LogP contribution in [-0.2, 0) is 13.1 Å². The van der Waals surface area contributed by atoms with Gasteiger partial charge in [0.1, 0.15) is 11.3 Å². The van der Waals surface area contributed by atoms with E-state index >= 15 is 0 Å². The first-order chi connectivity index (χ1) is 9.11. The van der Waals surface area contributed by atoms with Crippen LogP contribution in [0.1, 0.15) is 18.2 Å². The van der Waals surface area contributed by atoms with E-state index in [-0.39, 0.29) is 0 Å². The van der Waals surface area contributed by atoms with Crippen LogP contribution in [0, 0.1) is 0 Å². The Bertz CT molecular complexity index is 571. The molecule has 0 aliphatic carbocycles. The number of rotatable bonds is 6. The molecule has 3 nitrogen and oxygen atoms in total. The van der Waals surface area contributed by atoms with Gasteiger partial charge in [-0.25, -0.2) is 0 Å². The zero-order valence-corrected chi connectivity index (χ0v) is 12.0. The van der Waals surface area contributed by atoms with Gasteiger partial charge in [0.25, 0.3) is 0 Å². The number of nitrogens with one attached hydrogen (secondary N) is 1. The van der Waals surface area contributed by atoms with Crippen molar-refractivity contribution in [2.45, 2.75) is 20.0 Å². The molecule has 0 radical (unpaired) electrons. The molecule has 0 bridgehead atoms. The van der Waals surface area contributed by atoms with Crippen molar-refractivity contribution in [2.24, 2.45) is 0 Å². The highest BCUT2D eigenvalue weighted by atomic mass is 16.3. The molecule has 0 spiro atoms. The highest BCUT2D eigenvalue weighted by Gasteiger charge is 2.14. The molecule has 2 rings (SSSR count). The minimum atomic E-state index is 0.755. The fourth-order valence-corrected chi connectivity index (χ4v) is 2.41. The number of benzene rings is 1. The molecule has 0 aliphatic rings. The standard InChI is InChI=1S/C16H22N2O/c1-12(2)10-18(4)11-14-13-7-5-6-8-15(13)19-16(14)9-17-3/h5-8,17H,1,9-11H2,2-4H3. The zero-order valence-electron chi connectivity index (χ0n) is 12.0. The van der Waals surface area contributed by atoms with Crippen molar-refractivity contribution in [3.63, 3.8) is 0 Å². The summed E-state index contributed by atoms with van der Waals surface area (Å²) >= 11 is 0. The number of furan rings is 1. The number of hydrogen-bond acceptors (Lipinski definition) is 3. The highest BCUT2D eigenvalue weighted by Crippen LogP contribution is 2.27. The van der Waals surface area contributed by atoms with Crippen LogP contribution in [-0.4, -0.2) is 25.5 Å². The van der Waals surface area contributed by atoms with Gasteiger partial charge in [0.05, 0.1) is 6.54 Å². The summed E-state index contributed by atoms with van der Waals surface area (Å²) in [5, 5.41) is 4.38. The minimum absolute atomic E-state index is 0.755. The Balaban J connectivity index is 2.33. The molecule has 1 N–H and O–H groups in total. The molecule has 0 unspecified atom stereocenters. The van der Waals surface area contributed by atoms with Crippen LogP contribution in [0.3, 0.4) is 0 Å². The number of likely N-dealkylation sites (N-methyl/N-ethyl adjacent to an activating group) is 1. The number of fused-ring (bicyclic) bond motifs is 1. The van der Waals surface area contributed by atoms with Gasteiger partial charge in [-0.15, -0.1) is 0 Å². The number of nitrogens with zero attached hydrogens (tertiary/aromatic N) is 1. The third kappa shape index (κ3) is 3.25. The second-order valence-corrected chi connectivity index (χ2v) is 5.16. The van der Waals surface area contributed by atoms with Gasteiger partial charge < -0.3 is 9.73 Å². The van der Waals surface area contributed by atoms with Crippen LogP contribution in [0.4, 0.5) is 0 Å². The van der Waals surface area contributed by atoms with Crippen molar-refractivity contribution in [1.82, 2.24) is 10.2 Å². The molecule has 1 aromatic carbocycles. The first-order valence-electron chi connectivity index (χ1n) is 6.58. The summed E-state index contributed by atoms with van der Waals surface area (Å²) in [4.78, 5) is 2.26. The fraction of sp³-hybridized carbons (Fsp3) is 0.375. The summed E-state index contributed by atoms with van der Waals surface area (Å²) in [6, 6.07) is 8.22. The molecule has 3 heteroatoms. The fourth-order valence-electron chi connectivity index (χ4n) is 2.41. The average molecular weight is 258 g/mol. The highest BCUT2D eigenvalue weighted by molar-refractivity contribution is 5.82. The van der Waals surface area contributed by atoms with E-state index in [1.165, 1.54) is 16.5 Å². The van der Waals surface area contributed by atoms with Crippen molar-refractivity contribution in [3.05, 3.63) is 47.7 Å². The second kappa shape index (κ2) is 6.04. The van der Waals surface area contributed by atoms with Crippen LogP contribution in [0.25, 0.3) is 11.0 Å². The summed E-state index contributed by atoms with van der Waals surface area (Å²) in [7, 11) is 4.05. The van der Waals surface area contributed by atoms with Crippen molar-refractivity contribution >= 4 is 11.0 Å². The Kier molecular flexibility index (Phi) is 4.40. The second-order valence-electron chi connectivity index (χ2n) is 5.16. The van der Waals surface area contributed by atoms with Gasteiger partial charge >= 0.3 is 0 Å². The van der Waals surface area contributed by atoms with E-state index in [2.05, 4.69) is 42.9 Å². The maximum atomic E-state index is 5.93. The SMILES string of the molecule is C=C(C)CN(C)Cc1c(CNC)oc2ccccc12. The third-order valence-corrected chi connectivity index (χ3v) is 3.09. The van der Waals surface area contributed by atoms with E-state index in [0.717, 1.165) is 31.0 Å². The van der Waals surface area contributed by atoms with E-state index in [1.807, 2.05) is 19.2 Å². The first-order valence-corrected chi connectivity index (χ1v) is 6.58. The molecule has 1 aromatic heterocycles. The van der Waals surface area contributed by atoms with Crippen molar-refractivity contribution in [2.75, 3.05) is 20.6 Å². The molecule has 0 saturated heterocycles. The van der Waals surface area contributed by atoms with Crippen molar-refractivity contribution < 1.29 is 4.42 Å². The van der Waals surface area contributed by atoms with Gasteiger partial charge in [0.2, 0.25) is 0 Å². The van der Waals surface area contributed by atoms with Crippen LogP contribution in [0.15, 0.2) is 40.8 Å². The molecular weight excluding hydrogens is 236 g/mol. The molecule has 102 valence electrons. The van der Waals surface area contributed by atoms with E-state index in [1.54, 1.807) is 0 Å². The summed E-state index contributed by atoms with van der Waals surface area (Å²) < 4.78 is 5.93. The maximum Gasteiger partial charge on any atom is 0.134 e.